The second-order valence-corrected chi connectivity index (χ2v) is 7.84. The Morgan fingerprint density at radius 2 is 1.46 bits per heavy atom. The predicted octanol–water partition coefficient (Wildman–Crippen LogP) is 2.51. The van der Waals surface area contributed by atoms with Gasteiger partial charge in [0.05, 0.1) is 12.0 Å². The van der Waals surface area contributed by atoms with Crippen LogP contribution in [-0.2, 0) is 10.0 Å². The second kappa shape index (κ2) is 6.83. The molecule has 0 saturated carbocycles. The standard InChI is InChI=1S/C18H22N2O3S/c1-15-3-9-18(10-4-15)24(21,22)20-13-11-19(12-14-20)16-5-7-17(23-2)8-6-16/h3-10H,11-14H2,1-2H3. The minimum atomic E-state index is -3.41. The summed E-state index contributed by atoms with van der Waals surface area (Å²) < 4.78 is 32.2. The lowest BCUT2D eigenvalue weighted by Crippen LogP contribution is -2.48. The van der Waals surface area contributed by atoms with Gasteiger partial charge in [0, 0.05) is 31.9 Å². The molecule has 0 N–H and O–H groups in total. The average Bonchev–Trinajstić information content (AvgIpc) is 2.62. The highest BCUT2D eigenvalue weighted by molar-refractivity contribution is 7.89. The van der Waals surface area contributed by atoms with E-state index in [-0.39, 0.29) is 0 Å². The van der Waals surface area contributed by atoms with Gasteiger partial charge in [-0.15, -0.1) is 0 Å². The SMILES string of the molecule is COc1ccc(N2CCN(S(=O)(=O)c3ccc(C)cc3)CC2)cc1. The van der Waals surface area contributed by atoms with Crippen LogP contribution in [0.1, 0.15) is 5.56 Å². The fourth-order valence-electron chi connectivity index (χ4n) is 2.84. The first-order chi connectivity index (χ1) is 11.5. The van der Waals surface area contributed by atoms with Crippen molar-refractivity contribution < 1.29 is 13.2 Å². The molecule has 3 rings (SSSR count). The van der Waals surface area contributed by atoms with Crippen LogP contribution in [-0.4, -0.2) is 46.0 Å². The van der Waals surface area contributed by atoms with Gasteiger partial charge in [0.1, 0.15) is 5.75 Å². The van der Waals surface area contributed by atoms with E-state index < -0.39 is 10.0 Å². The van der Waals surface area contributed by atoms with Gasteiger partial charge < -0.3 is 9.64 Å². The van der Waals surface area contributed by atoms with E-state index in [0.717, 1.165) is 17.0 Å². The van der Waals surface area contributed by atoms with Crippen LogP contribution in [0.2, 0.25) is 0 Å². The smallest absolute Gasteiger partial charge is 0.243 e. The van der Waals surface area contributed by atoms with Gasteiger partial charge >= 0.3 is 0 Å². The van der Waals surface area contributed by atoms with Gasteiger partial charge in [-0.3, -0.25) is 0 Å². The highest BCUT2D eigenvalue weighted by atomic mass is 32.2. The maximum absolute atomic E-state index is 12.7. The zero-order valence-electron chi connectivity index (χ0n) is 14.0. The van der Waals surface area contributed by atoms with Crippen LogP contribution in [0, 0.1) is 6.92 Å². The summed E-state index contributed by atoms with van der Waals surface area (Å²) in [4.78, 5) is 2.56. The van der Waals surface area contributed by atoms with Gasteiger partial charge in [0.25, 0.3) is 0 Å². The number of benzene rings is 2. The van der Waals surface area contributed by atoms with Gasteiger partial charge in [-0.25, -0.2) is 8.42 Å². The molecular formula is C18H22N2O3S. The van der Waals surface area contributed by atoms with E-state index in [1.807, 2.05) is 43.3 Å². The molecule has 1 saturated heterocycles. The number of piperazine rings is 1. The van der Waals surface area contributed by atoms with Crippen molar-refractivity contribution in [3.8, 4) is 5.75 Å². The van der Waals surface area contributed by atoms with E-state index in [2.05, 4.69) is 4.90 Å². The molecule has 0 spiro atoms. The minimum Gasteiger partial charge on any atom is -0.497 e. The van der Waals surface area contributed by atoms with Crippen molar-refractivity contribution >= 4 is 15.7 Å². The average molecular weight is 346 g/mol. The predicted molar refractivity (Wildman–Crippen MR) is 95.1 cm³/mol. The van der Waals surface area contributed by atoms with E-state index in [1.165, 1.54) is 0 Å². The Balaban J connectivity index is 1.68. The molecule has 0 aliphatic carbocycles. The van der Waals surface area contributed by atoms with Gasteiger partial charge in [-0.05, 0) is 43.3 Å². The molecule has 2 aromatic carbocycles. The van der Waals surface area contributed by atoms with Crippen molar-refractivity contribution in [3.63, 3.8) is 0 Å². The fraction of sp³-hybridized carbons (Fsp3) is 0.333. The Bertz CT molecular complexity index is 778. The van der Waals surface area contributed by atoms with Gasteiger partial charge in [0.15, 0.2) is 0 Å². The number of anilines is 1. The number of sulfonamides is 1. The first-order valence-electron chi connectivity index (χ1n) is 7.96. The Morgan fingerprint density at radius 3 is 2.00 bits per heavy atom. The first-order valence-corrected chi connectivity index (χ1v) is 9.40. The molecule has 128 valence electrons. The molecule has 0 amide bonds. The molecule has 6 heteroatoms. The molecule has 0 bridgehead atoms. The summed E-state index contributed by atoms with van der Waals surface area (Å²) in [5.41, 5.74) is 2.14. The molecule has 1 aliphatic rings. The van der Waals surface area contributed by atoms with Gasteiger partial charge in [-0.2, -0.15) is 4.31 Å². The summed E-state index contributed by atoms with van der Waals surface area (Å²) in [5.74, 6) is 0.819. The zero-order valence-corrected chi connectivity index (χ0v) is 14.8. The topological polar surface area (TPSA) is 49.9 Å². The van der Waals surface area contributed by atoms with Crippen LogP contribution in [0.5, 0.6) is 5.75 Å². The van der Waals surface area contributed by atoms with E-state index in [0.29, 0.717) is 31.1 Å². The maximum Gasteiger partial charge on any atom is 0.243 e. The first kappa shape index (κ1) is 16.8. The van der Waals surface area contributed by atoms with Crippen LogP contribution in [0.3, 0.4) is 0 Å². The van der Waals surface area contributed by atoms with Crippen molar-refractivity contribution in [1.82, 2.24) is 4.31 Å². The lowest BCUT2D eigenvalue weighted by molar-refractivity contribution is 0.384. The van der Waals surface area contributed by atoms with E-state index in [4.69, 9.17) is 4.74 Å². The second-order valence-electron chi connectivity index (χ2n) is 5.90. The normalized spacial score (nSPS) is 16.2. The van der Waals surface area contributed by atoms with Crippen molar-refractivity contribution in [2.75, 3.05) is 38.2 Å². The molecule has 1 heterocycles. The summed E-state index contributed by atoms with van der Waals surface area (Å²) in [5, 5.41) is 0. The third-order valence-corrected chi connectivity index (χ3v) is 6.25. The van der Waals surface area contributed by atoms with Crippen LogP contribution in [0.4, 0.5) is 5.69 Å². The molecule has 0 unspecified atom stereocenters. The summed E-state index contributed by atoms with van der Waals surface area (Å²) >= 11 is 0. The van der Waals surface area contributed by atoms with Crippen molar-refractivity contribution in [2.24, 2.45) is 0 Å². The van der Waals surface area contributed by atoms with Crippen LogP contribution in [0.25, 0.3) is 0 Å². The zero-order chi connectivity index (χ0) is 17.2. The number of hydrogen-bond donors (Lipinski definition) is 0. The third-order valence-electron chi connectivity index (χ3n) is 4.33. The molecule has 2 aromatic rings. The number of rotatable bonds is 4. The highest BCUT2D eigenvalue weighted by Gasteiger charge is 2.28. The number of nitrogens with zero attached hydrogens (tertiary/aromatic N) is 2. The van der Waals surface area contributed by atoms with Crippen molar-refractivity contribution in [2.45, 2.75) is 11.8 Å². The molecule has 24 heavy (non-hydrogen) atoms. The molecule has 5 nitrogen and oxygen atoms in total. The molecular weight excluding hydrogens is 324 g/mol. The van der Waals surface area contributed by atoms with Crippen molar-refractivity contribution in [1.29, 1.82) is 0 Å². The fourth-order valence-corrected chi connectivity index (χ4v) is 4.26. The molecule has 0 atom stereocenters. The molecule has 1 aliphatic heterocycles. The molecule has 0 aromatic heterocycles. The number of hydrogen-bond acceptors (Lipinski definition) is 4. The number of ether oxygens (including phenoxy) is 1. The van der Waals surface area contributed by atoms with Gasteiger partial charge in [0.2, 0.25) is 10.0 Å². The van der Waals surface area contributed by atoms with Crippen LogP contribution >= 0.6 is 0 Å². The van der Waals surface area contributed by atoms with Gasteiger partial charge in [-0.1, -0.05) is 17.7 Å². The summed E-state index contributed by atoms with van der Waals surface area (Å²) in [6.07, 6.45) is 0. The summed E-state index contributed by atoms with van der Waals surface area (Å²) in [7, 11) is -1.77. The largest absolute Gasteiger partial charge is 0.497 e. The Morgan fingerprint density at radius 1 is 0.875 bits per heavy atom. The Kier molecular flexibility index (Phi) is 4.78. The Labute approximate surface area is 143 Å². The molecule has 1 fully saturated rings. The lowest BCUT2D eigenvalue weighted by Gasteiger charge is -2.35. The monoisotopic (exact) mass is 346 g/mol. The van der Waals surface area contributed by atoms with E-state index in [9.17, 15) is 8.42 Å². The Hall–Kier alpha value is -2.05. The van der Waals surface area contributed by atoms with Crippen molar-refractivity contribution in [3.05, 3.63) is 54.1 Å². The van der Waals surface area contributed by atoms with Crippen LogP contribution < -0.4 is 9.64 Å². The summed E-state index contributed by atoms with van der Waals surface area (Å²) in [6, 6.07) is 14.9. The highest BCUT2D eigenvalue weighted by Crippen LogP contribution is 2.23. The number of methoxy groups -OCH3 is 1. The van der Waals surface area contributed by atoms with Crippen LogP contribution in [0.15, 0.2) is 53.4 Å². The quantitative estimate of drug-likeness (QED) is 0.854. The summed E-state index contributed by atoms with van der Waals surface area (Å²) in [6.45, 7) is 4.28. The lowest BCUT2D eigenvalue weighted by atomic mass is 10.2. The minimum absolute atomic E-state index is 0.367. The number of aryl methyl sites for hydroxylation is 1. The molecule has 0 radical (unpaired) electrons. The van der Waals surface area contributed by atoms with E-state index in [1.54, 1.807) is 23.5 Å². The third kappa shape index (κ3) is 3.39. The maximum atomic E-state index is 12.7. The van der Waals surface area contributed by atoms with E-state index >= 15 is 0 Å².